The van der Waals surface area contributed by atoms with Gasteiger partial charge in [0.25, 0.3) is 0 Å². The smallest absolute Gasteiger partial charge is 0.222 e. The maximum absolute atomic E-state index is 11.8. The Bertz CT molecular complexity index is 469. The van der Waals surface area contributed by atoms with Crippen molar-refractivity contribution in [3.63, 3.8) is 0 Å². The van der Waals surface area contributed by atoms with Gasteiger partial charge in [-0.1, -0.05) is 23.7 Å². The normalized spacial score (nSPS) is 15.7. The SMILES string of the molecule is CC(=O)NC(CC(=O)NC1CC1)c1ccc(Cl)cc1. The molecule has 0 aromatic heterocycles. The van der Waals surface area contributed by atoms with E-state index in [0.29, 0.717) is 11.1 Å². The largest absolute Gasteiger partial charge is 0.353 e. The Morgan fingerprint density at radius 3 is 2.47 bits per heavy atom. The van der Waals surface area contributed by atoms with Crippen molar-refractivity contribution in [3.8, 4) is 0 Å². The quantitative estimate of drug-likeness (QED) is 0.869. The van der Waals surface area contributed by atoms with Gasteiger partial charge in [0.05, 0.1) is 12.5 Å². The van der Waals surface area contributed by atoms with Crippen LogP contribution in [0.25, 0.3) is 0 Å². The van der Waals surface area contributed by atoms with E-state index in [0.717, 1.165) is 18.4 Å². The van der Waals surface area contributed by atoms with Crippen LogP contribution in [0.5, 0.6) is 0 Å². The standard InChI is InChI=1S/C14H17ClN2O2/c1-9(18)16-13(8-14(19)17-12-6-7-12)10-2-4-11(15)5-3-10/h2-5,12-13H,6-8H2,1H3,(H,16,18)(H,17,19). The molecule has 2 amide bonds. The molecule has 1 aromatic carbocycles. The van der Waals surface area contributed by atoms with Gasteiger partial charge in [-0.3, -0.25) is 9.59 Å². The lowest BCUT2D eigenvalue weighted by atomic mass is 10.0. The molecular weight excluding hydrogens is 264 g/mol. The van der Waals surface area contributed by atoms with Gasteiger partial charge in [0.1, 0.15) is 0 Å². The highest BCUT2D eigenvalue weighted by molar-refractivity contribution is 6.30. The fourth-order valence-corrected chi connectivity index (χ4v) is 2.02. The molecule has 1 atom stereocenters. The monoisotopic (exact) mass is 280 g/mol. The lowest BCUT2D eigenvalue weighted by Crippen LogP contribution is -2.33. The molecule has 1 saturated carbocycles. The maximum Gasteiger partial charge on any atom is 0.222 e. The van der Waals surface area contributed by atoms with E-state index in [1.165, 1.54) is 6.92 Å². The number of benzene rings is 1. The highest BCUT2D eigenvalue weighted by atomic mass is 35.5. The lowest BCUT2D eigenvalue weighted by Gasteiger charge is -2.18. The van der Waals surface area contributed by atoms with Gasteiger partial charge < -0.3 is 10.6 Å². The summed E-state index contributed by atoms with van der Waals surface area (Å²) in [5, 5.41) is 6.35. The Kier molecular flexibility index (Phi) is 4.43. The molecule has 4 nitrogen and oxygen atoms in total. The third kappa shape index (κ3) is 4.56. The van der Waals surface area contributed by atoms with Gasteiger partial charge in [0.2, 0.25) is 11.8 Å². The molecular formula is C14H17ClN2O2. The molecule has 0 spiro atoms. The molecule has 1 aromatic rings. The van der Waals surface area contributed by atoms with E-state index < -0.39 is 0 Å². The van der Waals surface area contributed by atoms with Gasteiger partial charge in [0.15, 0.2) is 0 Å². The second-order valence-electron chi connectivity index (χ2n) is 4.85. The van der Waals surface area contributed by atoms with Gasteiger partial charge in [-0.15, -0.1) is 0 Å². The van der Waals surface area contributed by atoms with Crippen LogP contribution >= 0.6 is 11.6 Å². The van der Waals surface area contributed by atoms with Crippen LogP contribution in [0.3, 0.4) is 0 Å². The predicted octanol–water partition coefficient (Wildman–Crippen LogP) is 2.19. The Morgan fingerprint density at radius 1 is 1.32 bits per heavy atom. The summed E-state index contributed by atoms with van der Waals surface area (Å²) in [5.41, 5.74) is 0.880. The van der Waals surface area contributed by atoms with Crippen LogP contribution in [0.4, 0.5) is 0 Å². The minimum Gasteiger partial charge on any atom is -0.353 e. The van der Waals surface area contributed by atoms with Crippen LogP contribution in [-0.4, -0.2) is 17.9 Å². The Morgan fingerprint density at radius 2 is 1.95 bits per heavy atom. The summed E-state index contributed by atoms with van der Waals surface area (Å²) < 4.78 is 0. The summed E-state index contributed by atoms with van der Waals surface area (Å²) >= 11 is 5.84. The van der Waals surface area contributed by atoms with Crippen molar-refractivity contribution in [2.45, 2.75) is 38.3 Å². The van der Waals surface area contributed by atoms with Gasteiger partial charge in [-0.25, -0.2) is 0 Å². The molecule has 0 radical (unpaired) electrons. The van der Waals surface area contributed by atoms with Crippen LogP contribution in [0.1, 0.15) is 37.8 Å². The molecule has 1 fully saturated rings. The number of halogens is 1. The van der Waals surface area contributed by atoms with Gasteiger partial charge in [0, 0.05) is 18.0 Å². The fourth-order valence-electron chi connectivity index (χ4n) is 1.89. The maximum atomic E-state index is 11.8. The average molecular weight is 281 g/mol. The molecule has 1 unspecified atom stereocenters. The molecule has 1 aliphatic carbocycles. The van der Waals surface area contributed by atoms with Crippen molar-refractivity contribution in [1.82, 2.24) is 10.6 Å². The number of amides is 2. The second kappa shape index (κ2) is 6.06. The first kappa shape index (κ1) is 13.9. The zero-order valence-electron chi connectivity index (χ0n) is 10.8. The van der Waals surface area contributed by atoms with Crippen molar-refractivity contribution in [3.05, 3.63) is 34.9 Å². The van der Waals surface area contributed by atoms with Crippen LogP contribution in [0.15, 0.2) is 24.3 Å². The highest BCUT2D eigenvalue weighted by Crippen LogP contribution is 2.22. The van der Waals surface area contributed by atoms with E-state index in [2.05, 4.69) is 10.6 Å². The van der Waals surface area contributed by atoms with E-state index in [1.54, 1.807) is 12.1 Å². The molecule has 19 heavy (non-hydrogen) atoms. The topological polar surface area (TPSA) is 58.2 Å². The van der Waals surface area contributed by atoms with Gasteiger partial charge >= 0.3 is 0 Å². The predicted molar refractivity (Wildman–Crippen MR) is 73.8 cm³/mol. The number of carbonyl (C=O) groups is 2. The minimum absolute atomic E-state index is 0.0313. The first-order chi connectivity index (χ1) is 9.04. The number of rotatable bonds is 5. The molecule has 0 saturated heterocycles. The van der Waals surface area contributed by atoms with Crippen LogP contribution < -0.4 is 10.6 Å². The molecule has 1 aliphatic rings. The Labute approximate surface area is 117 Å². The van der Waals surface area contributed by atoms with Crippen molar-refractivity contribution in [1.29, 1.82) is 0 Å². The first-order valence-corrected chi connectivity index (χ1v) is 6.74. The number of hydrogen-bond acceptors (Lipinski definition) is 2. The van der Waals surface area contributed by atoms with E-state index in [1.807, 2.05) is 12.1 Å². The summed E-state index contributed by atoms with van der Waals surface area (Å²) in [5.74, 6) is -0.185. The average Bonchev–Trinajstić information content (AvgIpc) is 3.12. The van der Waals surface area contributed by atoms with E-state index >= 15 is 0 Å². The van der Waals surface area contributed by atoms with E-state index in [-0.39, 0.29) is 24.3 Å². The summed E-state index contributed by atoms with van der Waals surface area (Å²) in [6.45, 7) is 1.45. The Hall–Kier alpha value is -1.55. The van der Waals surface area contributed by atoms with Crippen molar-refractivity contribution in [2.24, 2.45) is 0 Å². The third-order valence-corrected chi connectivity index (χ3v) is 3.23. The molecule has 2 N–H and O–H groups in total. The number of carbonyl (C=O) groups excluding carboxylic acids is 2. The second-order valence-corrected chi connectivity index (χ2v) is 5.29. The first-order valence-electron chi connectivity index (χ1n) is 6.36. The van der Waals surface area contributed by atoms with Gasteiger partial charge in [-0.05, 0) is 30.5 Å². The minimum atomic E-state index is -0.312. The summed E-state index contributed by atoms with van der Waals surface area (Å²) in [4.78, 5) is 23.1. The summed E-state index contributed by atoms with van der Waals surface area (Å²) in [7, 11) is 0. The zero-order valence-corrected chi connectivity index (χ0v) is 11.5. The van der Waals surface area contributed by atoms with Crippen LogP contribution in [0.2, 0.25) is 5.02 Å². The summed E-state index contributed by atoms with van der Waals surface area (Å²) in [6, 6.07) is 7.18. The van der Waals surface area contributed by atoms with Crippen LogP contribution in [-0.2, 0) is 9.59 Å². The van der Waals surface area contributed by atoms with Gasteiger partial charge in [-0.2, -0.15) is 0 Å². The van der Waals surface area contributed by atoms with E-state index in [9.17, 15) is 9.59 Å². The lowest BCUT2D eigenvalue weighted by molar-refractivity contribution is -0.122. The fraction of sp³-hybridized carbons (Fsp3) is 0.429. The molecule has 0 aliphatic heterocycles. The zero-order chi connectivity index (χ0) is 13.8. The third-order valence-electron chi connectivity index (χ3n) is 2.98. The van der Waals surface area contributed by atoms with Crippen molar-refractivity contribution < 1.29 is 9.59 Å². The molecule has 0 bridgehead atoms. The number of nitrogens with one attached hydrogen (secondary N) is 2. The number of hydrogen-bond donors (Lipinski definition) is 2. The summed E-state index contributed by atoms with van der Waals surface area (Å²) in [6.07, 6.45) is 2.35. The van der Waals surface area contributed by atoms with Crippen LogP contribution in [0, 0.1) is 0 Å². The Balaban J connectivity index is 2.03. The molecule has 5 heteroatoms. The highest BCUT2D eigenvalue weighted by Gasteiger charge is 2.25. The van der Waals surface area contributed by atoms with Crippen molar-refractivity contribution >= 4 is 23.4 Å². The van der Waals surface area contributed by atoms with E-state index in [4.69, 9.17) is 11.6 Å². The molecule has 2 rings (SSSR count). The molecule has 0 heterocycles. The van der Waals surface area contributed by atoms with Crippen molar-refractivity contribution in [2.75, 3.05) is 0 Å². The molecule has 102 valence electrons.